The second-order valence-electron chi connectivity index (χ2n) is 4.43. The Morgan fingerprint density at radius 1 is 1.53 bits per heavy atom. The van der Waals surface area contributed by atoms with Crippen molar-refractivity contribution in [3.8, 4) is 0 Å². The van der Waals surface area contributed by atoms with Gasteiger partial charge in [0.15, 0.2) is 5.78 Å². The van der Waals surface area contributed by atoms with E-state index in [0.717, 1.165) is 18.5 Å². The maximum absolute atomic E-state index is 11.5. The molecule has 4 nitrogen and oxygen atoms in total. The average Bonchev–Trinajstić information content (AvgIpc) is 2.55. The van der Waals surface area contributed by atoms with Crippen LogP contribution in [0.2, 0.25) is 0 Å². The molecule has 1 saturated heterocycles. The second kappa shape index (κ2) is 3.36. The molecule has 1 atom stereocenters. The number of methoxy groups -OCH3 is 1. The first-order valence-electron chi connectivity index (χ1n) is 5.17. The predicted octanol–water partition coefficient (Wildman–Crippen LogP) is 1.71. The highest BCUT2D eigenvalue weighted by molar-refractivity contribution is 5.92. The number of likely N-dealkylation sites (tertiary alicyclic amines) is 1. The molecule has 0 spiro atoms. The minimum atomic E-state index is -0.361. The first-order valence-corrected chi connectivity index (χ1v) is 5.17. The number of ether oxygens (including phenoxy) is 1. The summed E-state index contributed by atoms with van der Waals surface area (Å²) in [4.78, 5) is 24.4. The van der Waals surface area contributed by atoms with Gasteiger partial charge in [-0.05, 0) is 12.8 Å². The molecule has 0 aromatic rings. The Kier molecular flexibility index (Phi) is 2.29. The number of carbonyl (C=O) groups excluding carboxylic acids is 2. The van der Waals surface area contributed by atoms with Gasteiger partial charge in [0.25, 0.3) is 0 Å². The number of hydrogen-bond acceptors (Lipinski definition) is 3. The fraction of sp³-hybridized carbons (Fsp3) is 0.636. The number of fused-ring (bicyclic) bond motifs is 1. The molecular weight excluding hydrogens is 194 g/mol. The lowest BCUT2D eigenvalue weighted by molar-refractivity contribution is -0.115. The van der Waals surface area contributed by atoms with Crippen LogP contribution in [0.25, 0.3) is 0 Å². The number of carbonyl (C=O) groups is 2. The number of nitrogens with zero attached hydrogens (tertiary/aromatic N) is 1. The SMILES string of the molecule is COC(=O)N1CC[C@@]2(C)CCC(=O)C=C12. The van der Waals surface area contributed by atoms with Crippen molar-refractivity contribution >= 4 is 11.9 Å². The second-order valence-corrected chi connectivity index (χ2v) is 4.43. The van der Waals surface area contributed by atoms with Crippen molar-refractivity contribution in [3.63, 3.8) is 0 Å². The molecule has 1 fully saturated rings. The van der Waals surface area contributed by atoms with Crippen LogP contribution in [-0.4, -0.2) is 30.4 Å². The largest absolute Gasteiger partial charge is 0.452 e. The fourth-order valence-electron chi connectivity index (χ4n) is 2.36. The quantitative estimate of drug-likeness (QED) is 0.610. The van der Waals surface area contributed by atoms with Crippen LogP contribution in [0.5, 0.6) is 0 Å². The van der Waals surface area contributed by atoms with Crippen molar-refractivity contribution in [3.05, 3.63) is 11.8 Å². The first kappa shape index (κ1) is 10.2. The van der Waals surface area contributed by atoms with Gasteiger partial charge in [-0.2, -0.15) is 0 Å². The number of allylic oxidation sites excluding steroid dienone is 2. The summed E-state index contributed by atoms with van der Waals surface area (Å²) in [7, 11) is 1.36. The monoisotopic (exact) mass is 209 g/mol. The average molecular weight is 209 g/mol. The molecule has 1 amide bonds. The molecule has 15 heavy (non-hydrogen) atoms. The van der Waals surface area contributed by atoms with E-state index in [1.54, 1.807) is 11.0 Å². The number of amides is 1. The molecule has 1 aliphatic carbocycles. The summed E-state index contributed by atoms with van der Waals surface area (Å²) >= 11 is 0. The third-order valence-electron chi connectivity index (χ3n) is 3.41. The van der Waals surface area contributed by atoms with E-state index in [2.05, 4.69) is 6.92 Å². The van der Waals surface area contributed by atoms with Gasteiger partial charge < -0.3 is 4.74 Å². The Bertz CT molecular complexity index is 348. The molecular formula is C11H15NO3. The molecule has 4 heteroatoms. The van der Waals surface area contributed by atoms with Crippen LogP contribution in [0.15, 0.2) is 11.8 Å². The van der Waals surface area contributed by atoms with E-state index >= 15 is 0 Å². The number of ketones is 1. The summed E-state index contributed by atoms with van der Waals surface area (Å²) in [6, 6.07) is 0. The zero-order valence-electron chi connectivity index (χ0n) is 9.08. The number of hydrogen-bond donors (Lipinski definition) is 0. The van der Waals surface area contributed by atoms with Gasteiger partial charge >= 0.3 is 6.09 Å². The van der Waals surface area contributed by atoms with E-state index in [-0.39, 0.29) is 17.3 Å². The topological polar surface area (TPSA) is 46.6 Å². The summed E-state index contributed by atoms with van der Waals surface area (Å²) in [5.74, 6) is 0.110. The van der Waals surface area contributed by atoms with Crippen LogP contribution >= 0.6 is 0 Å². The lowest BCUT2D eigenvalue weighted by Crippen LogP contribution is -2.31. The Balaban J connectivity index is 2.33. The fourth-order valence-corrected chi connectivity index (χ4v) is 2.36. The van der Waals surface area contributed by atoms with Crippen molar-refractivity contribution in [1.82, 2.24) is 4.90 Å². The van der Waals surface area contributed by atoms with Gasteiger partial charge in [-0.1, -0.05) is 6.92 Å². The Morgan fingerprint density at radius 2 is 2.27 bits per heavy atom. The number of rotatable bonds is 0. The van der Waals surface area contributed by atoms with Crippen molar-refractivity contribution in [1.29, 1.82) is 0 Å². The van der Waals surface area contributed by atoms with Crippen LogP contribution in [-0.2, 0) is 9.53 Å². The third-order valence-corrected chi connectivity index (χ3v) is 3.41. The normalized spacial score (nSPS) is 29.9. The van der Waals surface area contributed by atoms with Gasteiger partial charge in [0.2, 0.25) is 0 Å². The Hall–Kier alpha value is -1.32. The molecule has 0 aromatic heterocycles. The van der Waals surface area contributed by atoms with Crippen LogP contribution < -0.4 is 0 Å². The van der Waals surface area contributed by atoms with E-state index in [1.165, 1.54) is 7.11 Å². The highest BCUT2D eigenvalue weighted by atomic mass is 16.5. The maximum atomic E-state index is 11.5. The predicted molar refractivity (Wildman–Crippen MR) is 54.2 cm³/mol. The zero-order chi connectivity index (χ0) is 11.1. The molecule has 2 rings (SSSR count). The van der Waals surface area contributed by atoms with Crippen molar-refractivity contribution < 1.29 is 14.3 Å². The molecule has 0 radical (unpaired) electrons. The van der Waals surface area contributed by atoms with Gasteiger partial charge in [-0.25, -0.2) is 4.79 Å². The summed E-state index contributed by atoms with van der Waals surface area (Å²) in [5, 5.41) is 0. The van der Waals surface area contributed by atoms with Gasteiger partial charge in [0, 0.05) is 30.2 Å². The molecule has 1 heterocycles. The Morgan fingerprint density at radius 3 is 2.93 bits per heavy atom. The molecule has 82 valence electrons. The van der Waals surface area contributed by atoms with Crippen LogP contribution in [0.4, 0.5) is 4.79 Å². The van der Waals surface area contributed by atoms with Crippen LogP contribution in [0, 0.1) is 5.41 Å². The van der Waals surface area contributed by atoms with Crippen molar-refractivity contribution in [2.75, 3.05) is 13.7 Å². The zero-order valence-corrected chi connectivity index (χ0v) is 9.08. The van der Waals surface area contributed by atoms with Gasteiger partial charge in [-0.3, -0.25) is 9.69 Å². The smallest absolute Gasteiger partial charge is 0.413 e. The minimum Gasteiger partial charge on any atom is -0.452 e. The van der Waals surface area contributed by atoms with Crippen molar-refractivity contribution in [2.24, 2.45) is 5.41 Å². The molecule has 2 aliphatic rings. The summed E-state index contributed by atoms with van der Waals surface area (Å²) in [6.07, 6.45) is 3.59. The molecule has 0 unspecified atom stereocenters. The molecule has 0 N–H and O–H groups in total. The molecule has 0 saturated carbocycles. The minimum absolute atomic E-state index is 0.0118. The van der Waals surface area contributed by atoms with E-state index in [1.807, 2.05) is 0 Å². The molecule has 0 bridgehead atoms. The van der Waals surface area contributed by atoms with Crippen molar-refractivity contribution in [2.45, 2.75) is 26.2 Å². The van der Waals surface area contributed by atoms with E-state index < -0.39 is 0 Å². The molecule has 0 aromatic carbocycles. The summed E-state index contributed by atoms with van der Waals surface area (Å²) in [5.41, 5.74) is 0.827. The molecule has 1 aliphatic heterocycles. The summed E-state index contributed by atoms with van der Waals surface area (Å²) < 4.78 is 4.70. The van der Waals surface area contributed by atoms with Gasteiger partial charge in [0.05, 0.1) is 7.11 Å². The van der Waals surface area contributed by atoms with Crippen LogP contribution in [0.1, 0.15) is 26.2 Å². The van der Waals surface area contributed by atoms with E-state index in [9.17, 15) is 9.59 Å². The standard InChI is InChI=1S/C11H15NO3/c1-11-4-3-8(13)7-9(11)12(6-5-11)10(14)15-2/h7H,3-6H2,1-2H3/t11-/m1/s1. The van der Waals surface area contributed by atoms with Gasteiger partial charge in [-0.15, -0.1) is 0 Å². The Labute approximate surface area is 88.9 Å². The third kappa shape index (κ3) is 1.54. The maximum Gasteiger partial charge on any atom is 0.413 e. The first-order chi connectivity index (χ1) is 7.07. The highest BCUT2D eigenvalue weighted by Crippen LogP contribution is 2.46. The van der Waals surface area contributed by atoms with Crippen LogP contribution in [0.3, 0.4) is 0 Å². The van der Waals surface area contributed by atoms with Gasteiger partial charge in [0.1, 0.15) is 0 Å². The summed E-state index contributed by atoms with van der Waals surface area (Å²) in [6.45, 7) is 2.76. The van der Waals surface area contributed by atoms with E-state index in [4.69, 9.17) is 4.74 Å². The highest BCUT2D eigenvalue weighted by Gasteiger charge is 2.44. The lowest BCUT2D eigenvalue weighted by atomic mass is 9.77. The van der Waals surface area contributed by atoms with E-state index in [0.29, 0.717) is 13.0 Å². The lowest BCUT2D eigenvalue weighted by Gasteiger charge is -2.30.